The lowest BCUT2D eigenvalue weighted by molar-refractivity contribution is -0.141. The number of halogens is 2. The molecule has 104 valence electrons. The molecule has 0 aromatic heterocycles. The number of benzene rings is 2. The molecule has 0 N–H and O–H groups in total. The Labute approximate surface area is 120 Å². The molecule has 0 heterocycles. The van der Waals surface area contributed by atoms with Crippen LogP contribution in [0, 0.1) is 5.82 Å². The zero-order valence-electron chi connectivity index (χ0n) is 10.7. The van der Waals surface area contributed by atoms with E-state index in [0.29, 0.717) is 16.5 Å². The average Bonchev–Trinajstić information content (AvgIpc) is 2.44. The maximum atomic E-state index is 12.7. The van der Waals surface area contributed by atoms with Crippen molar-refractivity contribution in [3.05, 3.63) is 59.4 Å². The first-order valence-electron chi connectivity index (χ1n) is 5.94. The van der Waals surface area contributed by atoms with Crippen LogP contribution in [0.2, 0.25) is 5.02 Å². The summed E-state index contributed by atoms with van der Waals surface area (Å²) in [6.07, 6.45) is -0.809. The van der Waals surface area contributed by atoms with Crippen LogP contribution in [0.25, 0.3) is 0 Å². The molecule has 0 spiro atoms. The second-order valence-corrected chi connectivity index (χ2v) is 4.53. The van der Waals surface area contributed by atoms with Crippen LogP contribution in [-0.4, -0.2) is 12.1 Å². The number of ether oxygens (including phenoxy) is 2. The second-order valence-electron chi connectivity index (χ2n) is 4.09. The molecule has 0 aliphatic heterocycles. The van der Waals surface area contributed by atoms with Crippen LogP contribution in [0.5, 0.6) is 11.5 Å². The number of hydrogen-bond acceptors (Lipinski definition) is 3. The van der Waals surface area contributed by atoms with Gasteiger partial charge in [-0.25, -0.2) is 9.18 Å². The van der Waals surface area contributed by atoms with E-state index < -0.39 is 12.1 Å². The molecule has 20 heavy (non-hydrogen) atoms. The molecule has 2 rings (SSSR count). The highest BCUT2D eigenvalue weighted by Gasteiger charge is 2.17. The highest BCUT2D eigenvalue weighted by Crippen LogP contribution is 2.17. The molecule has 2 aromatic rings. The van der Waals surface area contributed by atoms with Crippen molar-refractivity contribution in [1.82, 2.24) is 0 Å². The van der Waals surface area contributed by atoms with Gasteiger partial charge in [0.2, 0.25) is 0 Å². The van der Waals surface area contributed by atoms with Gasteiger partial charge < -0.3 is 9.47 Å². The van der Waals surface area contributed by atoms with Gasteiger partial charge in [-0.3, -0.25) is 0 Å². The fraction of sp³-hybridized carbons (Fsp3) is 0.133. The first-order chi connectivity index (χ1) is 9.54. The van der Waals surface area contributed by atoms with Crippen LogP contribution in [0.3, 0.4) is 0 Å². The van der Waals surface area contributed by atoms with Gasteiger partial charge in [0, 0.05) is 5.02 Å². The third-order valence-corrected chi connectivity index (χ3v) is 2.74. The van der Waals surface area contributed by atoms with Crippen molar-refractivity contribution in [3.8, 4) is 11.5 Å². The molecule has 0 aliphatic rings. The average molecular weight is 295 g/mol. The zero-order chi connectivity index (χ0) is 14.5. The van der Waals surface area contributed by atoms with Crippen molar-refractivity contribution >= 4 is 17.6 Å². The standard InChI is InChI=1S/C15H12ClFO3/c1-10(19-13-8-4-12(17)5-9-13)15(18)20-14-6-2-11(16)3-7-14/h2-10H,1H3/t10-/m0/s1. The maximum Gasteiger partial charge on any atom is 0.352 e. The van der Waals surface area contributed by atoms with Gasteiger partial charge in [0.25, 0.3) is 0 Å². The van der Waals surface area contributed by atoms with Gasteiger partial charge in [-0.05, 0) is 55.5 Å². The van der Waals surface area contributed by atoms with E-state index >= 15 is 0 Å². The summed E-state index contributed by atoms with van der Waals surface area (Å²) in [6, 6.07) is 11.8. The van der Waals surface area contributed by atoms with Gasteiger partial charge in [0.1, 0.15) is 17.3 Å². The van der Waals surface area contributed by atoms with Gasteiger partial charge >= 0.3 is 5.97 Å². The van der Waals surface area contributed by atoms with E-state index in [1.54, 1.807) is 31.2 Å². The van der Waals surface area contributed by atoms with E-state index in [0.717, 1.165) is 0 Å². The van der Waals surface area contributed by atoms with Crippen LogP contribution < -0.4 is 9.47 Å². The van der Waals surface area contributed by atoms with Crippen molar-refractivity contribution in [2.24, 2.45) is 0 Å². The summed E-state index contributed by atoms with van der Waals surface area (Å²) in [5.74, 6) is -0.133. The monoisotopic (exact) mass is 294 g/mol. The topological polar surface area (TPSA) is 35.5 Å². The van der Waals surface area contributed by atoms with E-state index in [1.807, 2.05) is 0 Å². The second kappa shape index (κ2) is 6.39. The smallest absolute Gasteiger partial charge is 0.352 e. The van der Waals surface area contributed by atoms with Crippen molar-refractivity contribution in [3.63, 3.8) is 0 Å². The molecule has 0 unspecified atom stereocenters. The molecule has 2 aromatic carbocycles. The van der Waals surface area contributed by atoms with E-state index in [9.17, 15) is 9.18 Å². The van der Waals surface area contributed by atoms with Crippen LogP contribution in [0.1, 0.15) is 6.92 Å². The molecule has 1 atom stereocenters. The van der Waals surface area contributed by atoms with Gasteiger partial charge in [-0.2, -0.15) is 0 Å². The van der Waals surface area contributed by atoms with Gasteiger partial charge in [-0.1, -0.05) is 11.6 Å². The van der Waals surface area contributed by atoms with Crippen LogP contribution >= 0.6 is 11.6 Å². The lowest BCUT2D eigenvalue weighted by Crippen LogP contribution is -2.28. The molecule has 0 fully saturated rings. The first kappa shape index (κ1) is 14.3. The van der Waals surface area contributed by atoms with E-state index in [-0.39, 0.29) is 5.82 Å². The molecule has 0 bridgehead atoms. The molecular formula is C15H12ClFO3. The predicted molar refractivity (Wildman–Crippen MR) is 73.6 cm³/mol. The lowest BCUT2D eigenvalue weighted by Gasteiger charge is -2.13. The molecular weight excluding hydrogens is 283 g/mol. The van der Waals surface area contributed by atoms with Crippen LogP contribution in [0.4, 0.5) is 4.39 Å². The predicted octanol–water partition coefficient (Wildman–Crippen LogP) is 3.85. The summed E-state index contributed by atoms with van der Waals surface area (Å²) in [5.41, 5.74) is 0. The summed E-state index contributed by atoms with van der Waals surface area (Å²) < 4.78 is 23.2. The number of esters is 1. The Morgan fingerprint density at radius 1 is 1.05 bits per heavy atom. The van der Waals surface area contributed by atoms with E-state index in [1.165, 1.54) is 24.3 Å². The molecule has 5 heteroatoms. The third kappa shape index (κ3) is 3.96. The van der Waals surface area contributed by atoms with Crippen LogP contribution in [0.15, 0.2) is 48.5 Å². The molecule has 3 nitrogen and oxygen atoms in total. The summed E-state index contributed by atoms with van der Waals surface area (Å²) >= 11 is 5.74. The molecule has 0 saturated carbocycles. The Balaban J connectivity index is 1.94. The Kier molecular flexibility index (Phi) is 4.58. The molecule has 0 radical (unpaired) electrons. The summed E-state index contributed by atoms with van der Waals surface area (Å²) in [5, 5.41) is 0.556. The SMILES string of the molecule is C[C@H](Oc1ccc(F)cc1)C(=O)Oc1ccc(Cl)cc1. The van der Waals surface area contributed by atoms with Crippen molar-refractivity contribution in [2.75, 3.05) is 0 Å². The van der Waals surface area contributed by atoms with Gasteiger partial charge in [0.15, 0.2) is 6.10 Å². The summed E-state index contributed by atoms with van der Waals surface area (Å²) in [4.78, 5) is 11.8. The molecule has 0 saturated heterocycles. The minimum atomic E-state index is -0.809. The van der Waals surface area contributed by atoms with E-state index in [2.05, 4.69) is 0 Å². The lowest BCUT2D eigenvalue weighted by atomic mass is 10.3. The Bertz CT molecular complexity index is 581. The Morgan fingerprint density at radius 3 is 2.20 bits per heavy atom. The Morgan fingerprint density at radius 2 is 1.60 bits per heavy atom. The minimum absolute atomic E-state index is 0.367. The van der Waals surface area contributed by atoms with Gasteiger partial charge in [0.05, 0.1) is 0 Å². The summed E-state index contributed by atoms with van der Waals surface area (Å²) in [6.45, 7) is 1.56. The van der Waals surface area contributed by atoms with Crippen molar-refractivity contribution in [1.29, 1.82) is 0 Å². The highest BCUT2D eigenvalue weighted by molar-refractivity contribution is 6.30. The molecule has 0 aliphatic carbocycles. The van der Waals surface area contributed by atoms with Gasteiger partial charge in [-0.15, -0.1) is 0 Å². The number of rotatable bonds is 4. The number of hydrogen-bond donors (Lipinski definition) is 0. The fourth-order valence-electron chi connectivity index (χ4n) is 1.47. The fourth-order valence-corrected chi connectivity index (χ4v) is 1.59. The van der Waals surface area contributed by atoms with Crippen LogP contribution in [-0.2, 0) is 4.79 Å². The third-order valence-electron chi connectivity index (χ3n) is 2.49. The quantitative estimate of drug-likeness (QED) is 0.634. The molecule has 0 amide bonds. The largest absolute Gasteiger partial charge is 0.479 e. The normalized spacial score (nSPS) is 11.8. The number of carbonyl (C=O) groups is 1. The highest BCUT2D eigenvalue weighted by atomic mass is 35.5. The summed E-state index contributed by atoms with van der Waals surface area (Å²) in [7, 11) is 0. The zero-order valence-corrected chi connectivity index (χ0v) is 11.4. The minimum Gasteiger partial charge on any atom is -0.479 e. The number of carbonyl (C=O) groups excluding carboxylic acids is 1. The van der Waals surface area contributed by atoms with Crippen molar-refractivity contribution in [2.45, 2.75) is 13.0 Å². The van der Waals surface area contributed by atoms with E-state index in [4.69, 9.17) is 21.1 Å². The maximum absolute atomic E-state index is 12.7. The van der Waals surface area contributed by atoms with Crippen molar-refractivity contribution < 1.29 is 18.7 Å². The Hall–Kier alpha value is -2.07. The first-order valence-corrected chi connectivity index (χ1v) is 6.32.